The van der Waals surface area contributed by atoms with Crippen LogP contribution in [0.1, 0.15) is 16.1 Å². The Morgan fingerprint density at radius 3 is 2.67 bits per heavy atom. The van der Waals surface area contributed by atoms with Crippen LogP contribution in [0.2, 0.25) is 0 Å². The van der Waals surface area contributed by atoms with Gasteiger partial charge in [0, 0.05) is 16.6 Å². The average Bonchev–Trinajstić information content (AvgIpc) is 3.26. The number of amides is 2. The number of primary amides is 1. The van der Waals surface area contributed by atoms with Crippen LogP contribution < -0.4 is 15.8 Å². The highest BCUT2D eigenvalue weighted by atomic mass is 32.2. The number of hydrogen-bond donors (Lipinski definition) is 3. The lowest BCUT2D eigenvalue weighted by Crippen LogP contribution is -2.15. The molecule has 8 nitrogen and oxygen atoms in total. The second kappa shape index (κ2) is 7.86. The van der Waals surface area contributed by atoms with Gasteiger partial charge in [0.2, 0.25) is 5.91 Å². The molecule has 2 heterocycles. The molecule has 3 rings (SSSR count). The van der Waals surface area contributed by atoms with Gasteiger partial charge in [-0.1, -0.05) is 12.1 Å². The fourth-order valence-corrected chi connectivity index (χ4v) is 4.89. The van der Waals surface area contributed by atoms with Crippen molar-refractivity contribution in [2.75, 3.05) is 10.0 Å². The number of aromatic nitrogens is 1. The molecule has 0 bridgehead atoms. The molecule has 2 aromatic heterocycles. The minimum Gasteiger partial charge on any atom is -0.369 e. The van der Waals surface area contributed by atoms with Gasteiger partial charge < -0.3 is 5.73 Å². The molecule has 0 aliphatic carbocycles. The van der Waals surface area contributed by atoms with Crippen LogP contribution in [0.5, 0.6) is 0 Å². The van der Waals surface area contributed by atoms with Gasteiger partial charge in [0.1, 0.15) is 4.21 Å². The summed E-state index contributed by atoms with van der Waals surface area (Å²) in [6, 6.07) is 9.24. The van der Waals surface area contributed by atoms with Crippen LogP contribution in [0.15, 0.2) is 51.4 Å². The van der Waals surface area contributed by atoms with Crippen LogP contribution in [-0.4, -0.2) is 25.2 Å². The molecular formula is C16H14N4O4S3. The molecule has 11 heteroatoms. The third kappa shape index (κ3) is 4.90. The number of thiazole rings is 1. The number of rotatable bonds is 7. The number of nitrogens with one attached hydrogen (secondary N) is 2. The van der Waals surface area contributed by atoms with E-state index in [0.29, 0.717) is 10.8 Å². The van der Waals surface area contributed by atoms with E-state index in [1.54, 1.807) is 35.0 Å². The highest BCUT2D eigenvalue weighted by Crippen LogP contribution is 2.22. The third-order valence-corrected chi connectivity index (χ3v) is 6.85. The van der Waals surface area contributed by atoms with Gasteiger partial charge in [0.25, 0.3) is 15.9 Å². The molecule has 0 atom stereocenters. The number of anilines is 2. The van der Waals surface area contributed by atoms with Gasteiger partial charge in [-0.2, -0.15) is 0 Å². The van der Waals surface area contributed by atoms with Gasteiger partial charge in [-0.3, -0.25) is 19.6 Å². The summed E-state index contributed by atoms with van der Waals surface area (Å²) in [6.07, 6.45) is -0.00758. The molecule has 2 amide bonds. The molecule has 0 saturated carbocycles. The summed E-state index contributed by atoms with van der Waals surface area (Å²) in [5, 5.41) is 6.23. The molecule has 0 fully saturated rings. The molecule has 4 N–H and O–H groups in total. The van der Waals surface area contributed by atoms with E-state index in [2.05, 4.69) is 15.0 Å². The maximum Gasteiger partial charge on any atom is 0.271 e. The maximum atomic E-state index is 12.4. The van der Waals surface area contributed by atoms with Crippen LogP contribution in [0, 0.1) is 0 Å². The lowest BCUT2D eigenvalue weighted by molar-refractivity contribution is -0.117. The summed E-state index contributed by atoms with van der Waals surface area (Å²) in [5.41, 5.74) is 6.11. The summed E-state index contributed by atoms with van der Waals surface area (Å²) in [7, 11) is -3.70. The van der Waals surface area contributed by atoms with Gasteiger partial charge in [0.15, 0.2) is 5.13 Å². The molecule has 1 aromatic carbocycles. The van der Waals surface area contributed by atoms with Crippen molar-refractivity contribution in [1.29, 1.82) is 0 Å². The molecular weight excluding hydrogens is 408 g/mol. The van der Waals surface area contributed by atoms with Gasteiger partial charge >= 0.3 is 0 Å². The Labute approximate surface area is 163 Å². The zero-order chi connectivity index (χ0) is 19.4. The molecule has 0 spiro atoms. The molecule has 0 saturated heterocycles. The zero-order valence-corrected chi connectivity index (χ0v) is 16.2. The first kappa shape index (κ1) is 19.0. The van der Waals surface area contributed by atoms with E-state index in [4.69, 9.17) is 5.73 Å². The minimum absolute atomic E-state index is 0.00758. The maximum absolute atomic E-state index is 12.4. The Balaban J connectivity index is 1.72. The number of thiophene rings is 1. The van der Waals surface area contributed by atoms with Crippen molar-refractivity contribution < 1.29 is 18.0 Å². The van der Waals surface area contributed by atoms with Crippen molar-refractivity contribution >= 4 is 55.3 Å². The highest BCUT2D eigenvalue weighted by molar-refractivity contribution is 7.94. The summed E-state index contributed by atoms with van der Waals surface area (Å²) in [5.74, 6) is -0.962. The summed E-state index contributed by atoms with van der Waals surface area (Å²) in [6.45, 7) is 0. The Bertz CT molecular complexity index is 1070. The van der Waals surface area contributed by atoms with Crippen LogP contribution in [0.4, 0.5) is 10.8 Å². The molecule has 0 aliphatic rings. The van der Waals surface area contributed by atoms with Crippen molar-refractivity contribution in [3.05, 3.63) is 58.4 Å². The normalized spacial score (nSPS) is 11.1. The Morgan fingerprint density at radius 1 is 1.15 bits per heavy atom. The Hall–Kier alpha value is -2.76. The largest absolute Gasteiger partial charge is 0.369 e. The predicted molar refractivity (Wildman–Crippen MR) is 105 cm³/mol. The fraction of sp³-hybridized carbons (Fsp3) is 0.0625. The molecule has 140 valence electrons. The van der Waals surface area contributed by atoms with E-state index >= 15 is 0 Å². The lowest BCUT2D eigenvalue weighted by atomic mass is 10.2. The molecule has 0 radical (unpaired) electrons. The molecule has 27 heavy (non-hydrogen) atoms. The third-order valence-electron chi connectivity index (χ3n) is 3.26. The second-order valence-electron chi connectivity index (χ2n) is 5.36. The SMILES string of the molecule is NC(=O)Cc1csc(NC(=O)c2cccc(NS(=O)(=O)c3cccs3)c2)n1. The van der Waals surface area contributed by atoms with Crippen LogP contribution in [0.3, 0.4) is 0 Å². The summed E-state index contributed by atoms with van der Waals surface area (Å²) in [4.78, 5) is 27.4. The van der Waals surface area contributed by atoms with E-state index in [1.165, 1.54) is 23.5 Å². The highest BCUT2D eigenvalue weighted by Gasteiger charge is 2.16. The topological polar surface area (TPSA) is 131 Å². The van der Waals surface area contributed by atoms with Crippen molar-refractivity contribution in [1.82, 2.24) is 4.98 Å². The number of sulfonamides is 1. The summed E-state index contributed by atoms with van der Waals surface area (Å²) < 4.78 is 27.2. The van der Waals surface area contributed by atoms with Gasteiger partial charge in [-0.05, 0) is 29.6 Å². The Kier molecular flexibility index (Phi) is 5.54. The van der Waals surface area contributed by atoms with Crippen LogP contribution in [-0.2, 0) is 21.2 Å². The standard InChI is InChI=1S/C16H14N4O4S3/c17-13(21)8-12-9-26-16(18-12)19-15(22)10-3-1-4-11(7-10)20-27(23,24)14-5-2-6-25-14/h1-7,9,20H,8H2,(H2,17,21)(H,18,19,22). The van der Waals surface area contributed by atoms with E-state index in [-0.39, 0.29) is 21.9 Å². The molecule has 0 aliphatic heterocycles. The number of benzene rings is 1. The number of carbonyl (C=O) groups excluding carboxylic acids is 2. The number of hydrogen-bond acceptors (Lipinski definition) is 7. The first-order chi connectivity index (χ1) is 12.8. The van der Waals surface area contributed by atoms with Gasteiger partial charge in [-0.25, -0.2) is 13.4 Å². The van der Waals surface area contributed by atoms with Crippen molar-refractivity contribution in [3.8, 4) is 0 Å². The van der Waals surface area contributed by atoms with Crippen molar-refractivity contribution in [2.24, 2.45) is 5.73 Å². The second-order valence-corrected chi connectivity index (χ2v) is 9.07. The lowest BCUT2D eigenvalue weighted by Gasteiger charge is -2.08. The van der Waals surface area contributed by atoms with E-state index < -0.39 is 21.8 Å². The smallest absolute Gasteiger partial charge is 0.271 e. The van der Waals surface area contributed by atoms with Crippen LogP contribution in [0.25, 0.3) is 0 Å². The van der Waals surface area contributed by atoms with Crippen molar-refractivity contribution in [3.63, 3.8) is 0 Å². The fourth-order valence-electron chi connectivity index (χ4n) is 2.14. The first-order valence-corrected chi connectivity index (χ1v) is 10.8. The van der Waals surface area contributed by atoms with Crippen molar-refractivity contribution in [2.45, 2.75) is 10.6 Å². The monoisotopic (exact) mass is 422 g/mol. The zero-order valence-electron chi connectivity index (χ0n) is 13.7. The number of nitrogens with zero attached hydrogens (tertiary/aromatic N) is 1. The number of carbonyl (C=O) groups is 2. The van der Waals surface area contributed by atoms with Crippen LogP contribution >= 0.6 is 22.7 Å². The predicted octanol–water partition coefficient (Wildman–Crippen LogP) is 2.29. The summed E-state index contributed by atoms with van der Waals surface area (Å²) >= 11 is 2.26. The minimum atomic E-state index is -3.70. The first-order valence-electron chi connectivity index (χ1n) is 7.54. The van der Waals surface area contributed by atoms with E-state index in [9.17, 15) is 18.0 Å². The quantitative estimate of drug-likeness (QED) is 0.537. The Morgan fingerprint density at radius 2 is 1.96 bits per heavy atom. The average molecular weight is 423 g/mol. The van der Waals surface area contributed by atoms with E-state index in [0.717, 1.165) is 11.3 Å². The van der Waals surface area contributed by atoms with Gasteiger partial charge in [-0.15, -0.1) is 22.7 Å². The molecule has 0 unspecified atom stereocenters. The van der Waals surface area contributed by atoms with Gasteiger partial charge in [0.05, 0.1) is 12.1 Å². The molecule has 3 aromatic rings. The van der Waals surface area contributed by atoms with E-state index in [1.807, 2.05) is 0 Å². The number of nitrogens with two attached hydrogens (primary N) is 1.